The number of hydrogen-bond donors (Lipinski definition) is 1. The van der Waals surface area contributed by atoms with Crippen molar-refractivity contribution in [3.8, 4) is 0 Å². The SMILES string of the molecule is c1ccc(CNc2nc3ccccc3o2)cc1. The zero-order valence-electron chi connectivity index (χ0n) is 9.26. The number of benzene rings is 2. The molecule has 0 radical (unpaired) electrons. The third-order valence-corrected chi connectivity index (χ3v) is 2.58. The number of nitrogens with zero attached hydrogens (tertiary/aromatic N) is 1. The average Bonchev–Trinajstić information content (AvgIpc) is 2.80. The highest BCUT2D eigenvalue weighted by Crippen LogP contribution is 2.18. The van der Waals surface area contributed by atoms with Gasteiger partial charge in [0.2, 0.25) is 0 Å². The zero-order chi connectivity index (χ0) is 11.5. The summed E-state index contributed by atoms with van der Waals surface area (Å²) in [6, 6.07) is 18.5. The smallest absolute Gasteiger partial charge is 0.295 e. The molecule has 1 N–H and O–H groups in total. The predicted molar refractivity (Wildman–Crippen MR) is 67.8 cm³/mol. The van der Waals surface area contributed by atoms with Crippen LogP contribution in [0.4, 0.5) is 6.01 Å². The van der Waals surface area contributed by atoms with Gasteiger partial charge in [0.15, 0.2) is 5.58 Å². The number of nitrogens with one attached hydrogen (secondary N) is 1. The zero-order valence-corrected chi connectivity index (χ0v) is 9.26. The lowest BCUT2D eigenvalue weighted by molar-refractivity contribution is 0.614. The van der Waals surface area contributed by atoms with Gasteiger partial charge in [-0.1, -0.05) is 42.5 Å². The van der Waals surface area contributed by atoms with Crippen molar-refractivity contribution in [2.75, 3.05) is 5.32 Å². The van der Waals surface area contributed by atoms with E-state index in [9.17, 15) is 0 Å². The molecule has 3 heteroatoms. The summed E-state index contributed by atoms with van der Waals surface area (Å²) < 4.78 is 5.57. The Balaban J connectivity index is 1.77. The standard InChI is InChI=1S/C14H12N2O/c1-2-6-11(7-3-1)10-15-14-16-12-8-4-5-9-13(12)17-14/h1-9H,10H2,(H,15,16). The van der Waals surface area contributed by atoms with Gasteiger partial charge in [0.1, 0.15) is 5.52 Å². The first kappa shape index (κ1) is 9.90. The van der Waals surface area contributed by atoms with Gasteiger partial charge >= 0.3 is 0 Å². The molecule has 3 rings (SSSR count). The van der Waals surface area contributed by atoms with E-state index >= 15 is 0 Å². The van der Waals surface area contributed by atoms with Crippen molar-refractivity contribution in [1.82, 2.24) is 4.98 Å². The summed E-state index contributed by atoms with van der Waals surface area (Å²) >= 11 is 0. The number of fused-ring (bicyclic) bond motifs is 1. The van der Waals surface area contributed by atoms with Crippen LogP contribution < -0.4 is 5.32 Å². The lowest BCUT2D eigenvalue weighted by atomic mass is 10.2. The average molecular weight is 224 g/mol. The first-order chi connectivity index (χ1) is 8.42. The molecule has 3 aromatic rings. The van der Waals surface area contributed by atoms with Crippen LogP contribution in [0.5, 0.6) is 0 Å². The molecule has 0 amide bonds. The monoisotopic (exact) mass is 224 g/mol. The van der Waals surface area contributed by atoms with Gasteiger partial charge in [-0.2, -0.15) is 4.98 Å². The van der Waals surface area contributed by atoms with Gasteiger partial charge in [0, 0.05) is 6.54 Å². The summed E-state index contributed by atoms with van der Waals surface area (Å²) in [7, 11) is 0. The molecule has 0 fully saturated rings. The molecule has 0 atom stereocenters. The van der Waals surface area contributed by atoms with E-state index in [-0.39, 0.29) is 0 Å². The normalized spacial score (nSPS) is 10.6. The van der Waals surface area contributed by atoms with Crippen molar-refractivity contribution >= 4 is 17.1 Å². The molecular formula is C14H12N2O. The van der Waals surface area contributed by atoms with Gasteiger partial charge in [-0.25, -0.2) is 0 Å². The van der Waals surface area contributed by atoms with Gasteiger partial charge in [-0.3, -0.25) is 0 Å². The van der Waals surface area contributed by atoms with E-state index in [1.54, 1.807) is 0 Å². The molecule has 1 aromatic heterocycles. The van der Waals surface area contributed by atoms with Crippen molar-refractivity contribution in [1.29, 1.82) is 0 Å². The van der Waals surface area contributed by atoms with Crippen molar-refractivity contribution in [2.24, 2.45) is 0 Å². The number of aromatic nitrogens is 1. The molecule has 1 heterocycles. The Morgan fingerprint density at radius 1 is 0.941 bits per heavy atom. The van der Waals surface area contributed by atoms with Crippen LogP contribution in [0.3, 0.4) is 0 Å². The molecular weight excluding hydrogens is 212 g/mol. The minimum absolute atomic E-state index is 0.565. The van der Waals surface area contributed by atoms with E-state index < -0.39 is 0 Å². The third-order valence-electron chi connectivity index (χ3n) is 2.58. The van der Waals surface area contributed by atoms with Gasteiger partial charge in [0.05, 0.1) is 0 Å². The fourth-order valence-corrected chi connectivity index (χ4v) is 1.72. The summed E-state index contributed by atoms with van der Waals surface area (Å²) in [5.74, 6) is 0. The van der Waals surface area contributed by atoms with Gasteiger partial charge in [0.25, 0.3) is 6.01 Å². The molecule has 0 aliphatic carbocycles. The van der Waals surface area contributed by atoms with Crippen LogP contribution in [0.25, 0.3) is 11.1 Å². The van der Waals surface area contributed by atoms with Crippen LogP contribution in [0.2, 0.25) is 0 Å². The van der Waals surface area contributed by atoms with Crippen molar-refractivity contribution in [3.05, 3.63) is 60.2 Å². The van der Waals surface area contributed by atoms with Gasteiger partial charge in [-0.05, 0) is 17.7 Å². The maximum atomic E-state index is 5.57. The molecule has 0 saturated heterocycles. The first-order valence-corrected chi connectivity index (χ1v) is 5.55. The van der Waals surface area contributed by atoms with E-state index in [4.69, 9.17) is 4.42 Å². The van der Waals surface area contributed by atoms with E-state index in [1.807, 2.05) is 42.5 Å². The summed E-state index contributed by atoms with van der Waals surface area (Å²) in [5.41, 5.74) is 2.89. The Morgan fingerprint density at radius 2 is 1.71 bits per heavy atom. The molecule has 0 bridgehead atoms. The van der Waals surface area contributed by atoms with E-state index in [2.05, 4.69) is 22.4 Å². The molecule has 0 aliphatic heterocycles. The number of anilines is 1. The Morgan fingerprint density at radius 3 is 2.53 bits per heavy atom. The summed E-state index contributed by atoms with van der Waals surface area (Å²) in [6.07, 6.45) is 0. The highest BCUT2D eigenvalue weighted by molar-refractivity contribution is 5.74. The van der Waals surface area contributed by atoms with Crippen LogP contribution in [-0.2, 0) is 6.54 Å². The quantitative estimate of drug-likeness (QED) is 0.740. The lowest BCUT2D eigenvalue weighted by Crippen LogP contribution is -1.98. The second-order valence-corrected chi connectivity index (χ2v) is 3.83. The first-order valence-electron chi connectivity index (χ1n) is 5.55. The third kappa shape index (κ3) is 2.13. The second kappa shape index (κ2) is 4.29. The van der Waals surface area contributed by atoms with Crippen molar-refractivity contribution in [2.45, 2.75) is 6.54 Å². The maximum absolute atomic E-state index is 5.57. The molecule has 0 aliphatic rings. The number of hydrogen-bond acceptors (Lipinski definition) is 3. The Kier molecular flexibility index (Phi) is 2.50. The maximum Gasteiger partial charge on any atom is 0.295 e. The summed E-state index contributed by atoms with van der Waals surface area (Å²) in [5, 5.41) is 3.17. The summed E-state index contributed by atoms with van der Waals surface area (Å²) in [6.45, 7) is 0.716. The fourth-order valence-electron chi connectivity index (χ4n) is 1.72. The van der Waals surface area contributed by atoms with E-state index in [1.165, 1.54) is 5.56 Å². The van der Waals surface area contributed by atoms with Crippen LogP contribution in [0, 0.1) is 0 Å². The van der Waals surface area contributed by atoms with Gasteiger partial charge < -0.3 is 9.73 Å². The molecule has 0 unspecified atom stereocenters. The van der Waals surface area contributed by atoms with Crippen LogP contribution in [0.1, 0.15) is 5.56 Å². The van der Waals surface area contributed by atoms with Crippen molar-refractivity contribution < 1.29 is 4.42 Å². The van der Waals surface area contributed by atoms with E-state index in [0.717, 1.165) is 11.1 Å². The van der Waals surface area contributed by atoms with E-state index in [0.29, 0.717) is 12.6 Å². The van der Waals surface area contributed by atoms with Crippen LogP contribution in [-0.4, -0.2) is 4.98 Å². The molecule has 84 valence electrons. The lowest BCUT2D eigenvalue weighted by Gasteiger charge is -2.00. The summed E-state index contributed by atoms with van der Waals surface area (Å²) in [4.78, 5) is 4.35. The van der Waals surface area contributed by atoms with Crippen LogP contribution in [0.15, 0.2) is 59.0 Å². The highest BCUT2D eigenvalue weighted by atomic mass is 16.4. The second-order valence-electron chi connectivity index (χ2n) is 3.83. The highest BCUT2D eigenvalue weighted by Gasteiger charge is 2.03. The molecule has 0 spiro atoms. The number of rotatable bonds is 3. The molecule has 0 saturated carbocycles. The molecule has 17 heavy (non-hydrogen) atoms. The molecule has 2 aromatic carbocycles. The van der Waals surface area contributed by atoms with Crippen molar-refractivity contribution in [3.63, 3.8) is 0 Å². The molecule has 3 nitrogen and oxygen atoms in total. The Hall–Kier alpha value is -2.29. The Bertz CT molecular complexity index is 583. The predicted octanol–water partition coefficient (Wildman–Crippen LogP) is 3.44. The largest absolute Gasteiger partial charge is 0.424 e. The topological polar surface area (TPSA) is 38.1 Å². The Labute approximate surface area is 99.1 Å². The minimum Gasteiger partial charge on any atom is -0.424 e. The fraction of sp³-hybridized carbons (Fsp3) is 0.0714. The number of oxazole rings is 1. The minimum atomic E-state index is 0.565. The van der Waals surface area contributed by atoms with Gasteiger partial charge in [-0.15, -0.1) is 0 Å². The van der Waals surface area contributed by atoms with Crippen LogP contribution >= 0.6 is 0 Å². The number of para-hydroxylation sites is 2.